The molecule has 0 spiro atoms. The predicted molar refractivity (Wildman–Crippen MR) is 106 cm³/mol. The smallest absolute Gasteiger partial charge is 0.243 e. The fourth-order valence-corrected chi connectivity index (χ4v) is 4.38. The van der Waals surface area contributed by atoms with E-state index in [4.69, 9.17) is 0 Å². The van der Waals surface area contributed by atoms with Crippen LogP contribution in [0.3, 0.4) is 0 Å². The number of hydrogen-bond acceptors (Lipinski definition) is 7. The van der Waals surface area contributed by atoms with Gasteiger partial charge in [-0.3, -0.25) is 0 Å². The van der Waals surface area contributed by atoms with Crippen molar-refractivity contribution < 1.29 is 5.11 Å². The summed E-state index contributed by atoms with van der Waals surface area (Å²) < 4.78 is 0. The second-order valence-corrected chi connectivity index (χ2v) is 7.53. The third-order valence-electron chi connectivity index (χ3n) is 5.03. The van der Waals surface area contributed by atoms with Crippen molar-refractivity contribution in [3.8, 4) is 17.0 Å². The van der Waals surface area contributed by atoms with Gasteiger partial charge in [-0.1, -0.05) is 13.0 Å². The van der Waals surface area contributed by atoms with E-state index in [1.165, 1.54) is 6.42 Å². The molecule has 3 aromatic rings. The van der Waals surface area contributed by atoms with Gasteiger partial charge in [-0.15, -0.1) is 10.2 Å². The summed E-state index contributed by atoms with van der Waals surface area (Å²) in [6, 6.07) is 4.23. The Kier molecular flexibility index (Phi) is 4.74. The number of phenolic OH excluding ortho intramolecular Hbond substituents is 1. The molecule has 4 rings (SSSR count). The Morgan fingerprint density at radius 3 is 3.00 bits per heavy atom. The van der Waals surface area contributed by atoms with Crippen LogP contribution in [0.5, 0.6) is 5.75 Å². The summed E-state index contributed by atoms with van der Waals surface area (Å²) in [5, 5.41) is 28.5. The summed E-state index contributed by atoms with van der Waals surface area (Å²) in [6.45, 7) is 7.34. The fraction of sp³-hybridized carbons (Fsp3) is 0.421. The number of fused-ring (bicyclic) bond motifs is 1. The molecule has 0 radical (unpaired) electrons. The van der Waals surface area contributed by atoms with Gasteiger partial charge in [-0.25, -0.2) is 4.98 Å². The maximum Gasteiger partial charge on any atom is 0.243 e. The molecule has 0 aliphatic carbocycles. The zero-order chi connectivity index (χ0) is 18.1. The van der Waals surface area contributed by atoms with Crippen molar-refractivity contribution in [3.63, 3.8) is 0 Å². The lowest BCUT2D eigenvalue weighted by Gasteiger charge is -2.32. The Labute approximate surface area is 156 Å². The Bertz CT molecular complexity index is 925. The molecule has 6 nitrogen and oxygen atoms in total. The van der Waals surface area contributed by atoms with Crippen LogP contribution in [0, 0.1) is 6.92 Å². The minimum atomic E-state index is 0.245. The van der Waals surface area contributed by atoms with Crippen LogP contribution in [-0.4, -0.2) is 50.9 Å². The molecule has 1 aliphatic heterocycles. The van der Waals surface area contributed by atoms with E-state index >= 15 is 0 Å². The van der Waals surface area contributed by atoms with Crippen molar-refractivity contribution in [2.75, 3.05) is 25.0 Å². The van der Waals surface area contributed by atoms with Crippen LogP contribution >= 0.6 is 11.3 Å². The first-order valence-electron chi connectivity index (χ1n) is 9.04. The molecule has 2 aromatic heterocycles. The summed E-state index contributed by atoms with van der Waals surface area (Å²) in [5.74, 6) is 0.805. The van der Waals surface area contributed by atoms with E-state index in [1.807, 2.05) is 29.8 Å². The van der Waals surface area contributed by atoms with Gasteiger partial charge in [-0.05, 0) is 49.7 Å². The topological polar surface area (TPSA) is 74.2 Å². The van der Waals surface area contributed by atoms with Crippen molar-refractivity contribution in [2.45, 2.75) is 32.7 Å². The highest BCUT2D eigenvalue weighted by molar-refractivity contribution is 7.09. The molecule has 0 amide bonds. The molecule has 3 heterocycles. The first-order chi connectivity index (χ1) is 12.7. The van der Waals surface area contributed by atoms with Gasteiger partial charge >= 0.3 is 0 Å². The Hall–Kier alpha value is -2.25. The Morgan fingerprint density at radius 2 is 2.19 bits per heavy atom. The van der Waals surface area contributed by atoms with Gasteiger partial charge in [0.25, 0.3) is 0 Å². The van der Waals surface area contributed by atoms with Crippen LogP contribution in [0.1, 0.15) is 25.5 Å². The monoisotopic (exact) mass is 369 g/mol. The molecule has 1 aromatic carbocycles. The van der Waals surface area contributed by atoms with E-state index in [1.54, 1.807) is 11.3 Å². The van der Waals surface area contributed by atoms with Gasteiger partial charge < -0.3 is 15.3 Å². The number of rotatable bonds is 4. The summed E-state index contributed by atoms with van der Waals surface area (Å²) >= 11 is 1.57. The zero-order valence-electron chi connectivity index (χ0n) is 15.1. The van der Waals surface area contributed by atoms with E-state index < -0.39 is 0 Å². The third kappa shape index (κ3) is 3.24. The number of nitrogens with one attached hydrogen (secondary N) is 1. The summed E-state index contributed by atoms with van der Waals surface area (Å²) in [4.78, 5) is 7.03. The molecule has 0 bridgehead atoms. The Morgan fingerprint density at radius 1 is 1.31 bits per heavy atom. The van der Waals surface area contributed by atoms with Crippen molar-refractivity contribution in [1.82, 2.24) is 20.1 Å². The maximum absolute atomic E-state index is 10.6. The standard InChI is InChI=1S/C19H23N5OS/c1-3-24-8-4-5-14(9-24)21-19-20-12(2)17(22-23-19)15-7-6-13-10-26-11-16(13)18(15)25/h6-7,10-11,14,25H,3-5,8-9H2,1-2H3,(H,20,21,23)/t14-/m1/s1. The van der Waals surface area contributed by atoms with E-state index in [9.17, 15) is 5.11 Å². The van der Waals surface area contributed by atoms with Crippen molar-refractivity contribution in [2.24, 2.45) is 0 Å². The molecule has 0 unspecified atom stereocenters. The fourth-order valence-electron chi connectivity index (χ4n) is 3.57. The van der Waals surface area contributed by atoms with E-state index in [2.05, 4.69) is 32.3 Å². The number of nitrogens with zero attached hydrogens (tertiary/aromatic N) is 4. The van der Waals surface area contributed by atoms with Gasteiger partial charge in [0.1, 0.15) is 11.4 Å². The largest absolute Gasteiger partial charge is 0.507 e. The maximum atomic E-state index is 10.6. The molecule has 7 heteroatoms. The van der Waals surface area contributed by atoms with Crippen LogP contribution in [0.2, 0.25) is 0 Å². The molecule has 1 fully saturated rings. The lowest BCUT2D eigenvalue weighted by molar-refractivity contribution is 0.226. The second kappa shape index (κ2) is 7.17. The summed E-state index contributed by atoms with van der Waals surface area (Å²) in [5.41, 5.74) is 2.06. The molecule has 136 valence electrons. The van der Waals surface area contributed by atoms with Gasteiger partial charge in [0.2, 0.25) is 5.95 Å². The number of benzene rings is 1. The number of aryl methyl sites for hydroxylation is 1. The van der Waals surface area contributed by atoms with Crippen LogP contribution in [0.4, 0.5) is 5.95 Å². The van der Waals surface area contributed by atoms with Crippen molar-refractivity contribution in [1.29, 1.82) is 0 Å². The Balaban J connectivity index is 1.58. The molecular weight excluding hydrogens is 346 g/mol. The minimum absolute atomic E-state index is 0.245. The average Bonchev–Trinajstić information content (AvgIpc) is 3.13. The van der Waals surface area contributed by atoms with Crippen LogP contribution in [0.25, 0.3) is 22.0 Å². The highest BCUT2D eigenvalue weighted by atomic mass is 32.1. The first-order valence-corrected chi connectivity index (χ1v) is 9.98. The predicted octanol–water partition coefficient (Wildman–Crippen LogP) is 3.66. The van der Waals surface area contributed by atoms with Gasteiger partial charge in [0.15, 0.2) is 0 Å². The quantitative estimate of drug-likeness (QED) is 0.731. The summed E-state index contributed by atoms with van der Waals surface area (Å²) in [6.07, 6.45) is 2.31. The number of piperidine rings is 1. The van der Waals surface area contributed by atoms with Crippen molar-refractivity contribution >= 4 is 28.1 Å². The van der Waals surface area contributed by atoms with Crippen LogP contribution < -0.4 is 5.32 Å². The number of phenols is 1. The molecule has 1 saturated heterocycles. The van der Waals surface area contributed by atoms with E-state index in [0.29, 0.717) is 23.2 Å². The SMILES string of the molecule is CCN1CCC[C@@H](Nc2nnc(-c3ccc4cscc4c3O)c(C)n2)C1. The molecular formula is C19H23N5OS. The molecule has 0 saturated carbocycles. The first kappa shape index (κ1) is 17.2. The van der Waals surface area contributed by atoms with Crippen LogP contribution in [-0.2, 0) is 0 Å². The zero-order valence-corrected chi connectivity index (χ0v) is 15.9. The molecule has 26 heavy (non-hydrogen) atoms. The molecule has 2 N–H and O–H groups in total. The molecule has 1 aliphatic rings. The van der Waals surface area contributed by atoms with Gasteiger partial charge in [0, 0.05) is 28.9 Å². The van der Waals surface area contributed by atoms with Gasteiger partial charge in [-0.2, -0.15) is 11.3 Å². The average molecular weight is 369 g/mol. The number of likely N-dealkylation sites (tertiary alicyclic amines) is 1. The lowest BCUT2D eigenvalue weighted by Crippen LogP contribution is -2.42. The van der Waals surface area contributed by atoms with Crippen LogP contribution in [0.15, 0.2) is 22.9 Å². The normalized spacial score (nSPS) is 18.3. The highest BCUT2D eigenvalue weighted by Crippen LogP contribution is 2.37. The minimum Gasteiger partial charge on any atom is -0.507 e. The number of anilines is 1. The van der Waals surface area contributed by atoms with Crippen molar-refractivity contribution in [3.05, 3.63) is 28.6 Å². The third-order valence-corrected chi connectivity index (χ3v) is 5.80. The van der Waals surface area contributed by atoms with E-state index in [0.717, 1.165) is 42.5 Å². The number of aromatic hydroxyl groups is 1. The van der Waals surface area contributed by atoms with E-state index in [-0.39, 0.29) is 5.75 Å². The number of thiophene rings is 1. The number of aromatic nitrogens is 3. The number of hydrogen-bond donors (Lipinski definition) is 2. The number of likely N-dealkylation sites (N-methyl/N-ethyl adjacent to an activating group) is 1. The lowest BCUT2D eigenvalue weighted by atomic mass is 10.1. The summed E-state index contributed by atoms with van der Waals surface area (Å²) in [7, 11) is 0. The highest BCUT2D eigenvalue weighted by Gasteiger charge is 2.20. The second-order valence-electron chi connectivity index (χ2n) is 6.78. The van der Waals surface area contributed by atoms with Gasteiger partial charge in [0.05, 0.1) is 5.69 Å². The molecule has 1 atom stereocenters.